The van der Waals surface area contributed by atoms with E-state index in [9.17, 15) is 8.42 Å². The molecular weight excluding hydrogens is 514 g/mol. The summed E-state index contributed by atoms with van der Waals surface area (Å²) in [5.74, 6) is 2.17. The smallest absolute Gasteiger partial charge is 0.226 e. The lowest BCUT2D eigenvalue weighted by molar-refractivity contribution is 0.338. The van der Waals surface area contributed by atoms with Crippen molar-refractivity contribution in [3.8, 4) is 11.6 Å². The van der Waals surface area contributed by atoms with Crippen molar-refractivity contribution in [2.24, 2.45) is 5.92 Å². The van der Waals surface area contributed by atoms with Gasteiger partial charge in [0.05, 0.1) is 43.2 Å². The molecule has 3 aromatic rings. The monoisotopic (exact) mass is 553 g/mol. The summed E-state index contributed by atoms with van der Waals surface area (Å²) in [4.78, 5) is 18.5. The maximum atomic E-state index is 11.4. The van der Waals surface area contributed by atoms with E-state index in [0.29, 0.717) is 36.6 Å². The van der Waals surface area contributed by atoms with E-state index in [0.717, 1.165) is 30.0 Å². The Hall–Kier alpha value is -3.40. The Morgan fingerprint density at radius 3 is 2.33 bits per heavy atom. The van der Waals surface area contributed by atoms with E-state index >= 15 is 0 Å². The maximum Gasteiger partial charge on any atom is 0.226 e. The molecule has 210 valence electrons. The number of rotatable bonds is 14. The number of sulfone groups is 1. The number of ether oxygens (including phenoxy) is 2. The number of methoxy groups -OCH3 is 1. The minimum Gasteiger partial charge on any atom is -0.489 e. The van der Waals surface area contributed by atoms with Crippen LogP contribution in [0.25, 0.3) is 0 Å². The number of hydrogen-bond acceptors (Lipinski definition) is 9. The Morgan fingerprint density at radius 2 is 1.69 bits per heavy atom. The van der Waals surface area contributed by atoms with Gasteiger partial charge in [-0.1, -0.05) is 43.2 Å². The van der Waals surface area contributed by atoms with Crippen LogP contribution in [0, 0.1) is 5.92 Å². The van der Waals surface area contributed by atoms with E-state index in [1.807, 2.05) is 24.3 Å². The first-order valence-electron chi connectivity index (χ1n) is 13.5. The van der Waals surface area contributed by atoms with Gasteiger partial charge in [0.1, 0.15) is 6.61 Å². The fourth-order valence-electron chi connectivity index (χ4n) is 4.93. The summed E-state index contributed by atoms with van der Waals surface area (Å²) >= 11 is 0. The van der Waals surface area contributed by atoms with Gasteiger partial charge in [-0.3, -0.25) is 0 Å². The van der Waals surface area contributed by atoms with Crippen LogP contribution in [-0.4, -0.2) is 62.2 Å². The van der Waals surface area contributed by atoms with Gasteiger partial charge in [0, 0.05) is 32.0 Å². The molecule has 0 atom stereocenters. The number of benzene rings is 1. The van der Waals surface area contributed by atoms with Crippen LogP contribution in [0.4, 0.5) is 11.6 Å². The van der Waals surface area contributed by atoms with Gasteiger partial charge in [-0.25, -0.2) is 23.4 Å². The SMILES string of the molecule is CCN(CC1CCCC1)c1ccc(OC)nc1CN(Cc1ccccc1)c1ncc(OCCS(C)(=O)=O)cn1. The summed E-state index contributed by atoms with van der Waals surface area (Å²) < 4.78 is 33.9. The Bertz CT molecular complexity index is 1280. The average molecular weight is 554 g/mol. The highest BCUT2D eigenvalue weighted by Gasteiger charge is 2.22. The van der Waals surface area contributed by atoms with Gasteiger partial charge in [-0.15, -0.1) is 0 Å². The summed E-state index contributed by atoms with van der Waals surface area (Å²) in [7, 11) is -1.47. The van der Waals surface area contributed by atoms with Crippen LogP contribution in [0.15, 0.2) is 54.9 Å². The van der Waals surface area contributed by atoms with E-state index in [-0.39, 0.29) is 12.4 Å². The fourth-order valence-corrected chi connectivity index (χ4v) is 5.32. The normalized spacial score (nSPS) is 13.8. The molecule has 2 heterocycles. The van der Waals surface area contributed by atoms with Gasteiger partial charge in [0.15, 0.2) is 15.6 Å². The van der Waals surface area contributed by atoms with E-state index in [1.54, 1.807) is 19.5 Å². The molecule has 0 saturated heterocycles. The predicted molar refractivity (Wildman–Crippen MR) is 154 cm³/mol. The van der Waals surface area contributed by atoms with Gasteiger partial charge in [-0.2, -0.15) is 0 Å². The second kappa shape index (κ2) is 13.6. The Labute approximate surface area is 232 Å². The average Bonchev–Trinajstić information content (AvgIpc) is 3.45. The molecule has 1 aliphatic rings. The third-order valence-electron chi connectivity index (χ3n) is 6.99. The highest BCUT2D eigenvalue weighted by atomic mass is 32.2. The van der Waals surface area contributed by atoms with Crippen molar-refractivity contribution in [3.63, 3.8) is 0 Å². The predicted octanol–water partition coefficient (Wildman–Crippen LogP) is 4.53. The minimum absolute atomic E-state index is 0.0558. The minimum atomic E-state index is -3.11. The standard InChI is InChI=1S/C29H39N5O4S/c1-4-33(20-23-12-8-9-13-23)27-14-15-28(37-2)32-26(27)22-34(21-24-10-6-5-7-11-24)29-30-18-25(19-31-29)38-16-17-39(3,35)36/h5-7,10-11,14-15,18-19,23H,4,8-9,12-13,16-17,20-22H2,1-3H3. The van der Waals surface area contributed by atoms with Crippen molar-refractivity contribution in [1.29, 1.82) is 0 Å². The zero-order valence-electron chi connectivity index (χ0n) is 23.1. The molecule has 1 saturated carbocycles. The topological polar surface area (TPSA) is 97.7 Å². The lowest BCUT2D eigenvalue weighted by Gasteiger charge is -2.30. The Kier molecular flexibility index (Phi) is 9.97. The number of nitrogens with zero attached hydrogens (tertiary/aromatic N) is 5. The molecule has 0 radical (unpaired) electrons. The summed E-state index contributed by atoms with van der Waals surface area (Å²) in [6.07, 6.45) is 9.54. The second-order valence-electron chi connectivity index (χ2n) is 10.0. The third kappa shape index (κ3) is 8.54. The number of anilines is 2. The molecule has 9 nitrogen and oxygen atoms in total. The van der Waals surface area contributed by atoms with Crippen molar-refractivity contribution in [2.45, 2.75) is 45.7 Å². The molecule has 1 fully saturated rings. The maximum absolute atomic E-state index is 11.4. The number of hydrogen-bond donors (Lipinski definition) is 0. The molecule has 0 unspecified atom stereocenters. The third-order valence-corrected chi connectivity index (χ3v) is 7.89. The molecule has 0 aliphatic heterocycles. The Balaban J connectivity index is 1.60. The molecule has 1 aromatic carbocycles. The zero-order valence-corrected chi connectivity index (χ0v) is 23.9. The fraction of sp³-hybridized carbons (Fsp3) is 0.483. The molecule has 4 rings (SSSR count). The van der Waals surface area contributed by atoms with E-state index < -0.39 is 9.84 Å². The van der Waals surface area contributed by atoms with Crippen molar-refractivity contribution < 1.29 is 17.9 Å². The second-order valence-corrected chi connectivity index (χ2v) is 12.3. The first-order valence-corrected chi connectivity index (χ1v) is 15.6. The molecular formula is C29H39N5O4S. The largest absolute Gasteiger partial charge is 0.489 e. The summed E-state index contributed by atoms with van der Waals surface area (Å²) in [6.45, 7) is 5.23. The van der Waals surface area contributed by atoms with Crippen molar-refractivity contribution >= 4 is 21.5 Å². The van der Waals surface area contributed by atoms with E-state index in [4.69, 9.17) is 14.5 Å². The van der Waals surface area contributed by atoms with Gasteiger partial charge in [0.25, 0.3) is 0 Å². The lowest BCUT2D eigenvalue weighted by Crippen LogP contribution is -2.31. The number of pyridine rings is 1. The van der Waals surface area contributed by atoms with Gasteiger partial charge >= 0.3 is 0 Å². The molecule has 0 bridgehead atoms. The van der Waals surface area contributed by atoms with E-state index in [1.165, 1.54) is 31.9 Å². The van der Waals surface area contributed by atoms with Crippen LogP contribution >= 0.6 is 0 Å². The van der Waals surface area contributed by atoms with Crippen molar-refractivity contribution in [1.82, 2.24) is 15.0 Å². The summed E-state index contributed by atoms with van der Waals surface area (Å²) in [6, 6.07) is 14.2. The van der Waals surface area contributed by atoms with Crippen LogP contribution < -0.4 is 19.3 Å². The van der Waals surface area contributed by atoms with Gasteiger partial charge in [-0.05, 0) is 37.3 Å². The van der Waals surface area contributed by atoms with E-state index in [2.05, 4.69) is 44.9 Å². The van der Waals surface area contributed by atoms with Crippen LogP contribution in [0.5, 0.6) is 11.6 Å². The van der Waals surface area contributed by atoms with Crippen molar-refractivity contribution in [3.05, 3.63) is 66.1 Å². The molecule has 0 amide bonds. The quantitative estimate of drug-likeness (QED) is 0.285. The van der Waals surface area contributed by atoms with Crippen LogP contribution in [0.3, 0.4) is 0 Å². The molecule has 39 heavy (non-hydrogen) atoms. The van der Waals surface area contributed by atoms with Gasteiger partial charge in [0.2, 0.25) is 11.8 Å². The lowest BCUT2D eigenvalue weighted by atomic mass is 10.1. The zero-order chi connectivity index (χ0) is 27.7. The van der Waals surface area contributed by atoms with Crippen LogP contribution in [-0.2, 0) is 22.9 Å². The summed E-state index contributed by atoms with van der Waals surface area (Å²) in [5.41, 5.74) is 3.13. The number of aromatic nitrogens is 3. The summed E-state index contributed by atoms with van der Waals surface area (Å²) in [5, 5.41) is 0. The van der Waals surface area contributed by atoms with Crippen molar-refractivity contribution in [2.75, 3.05) is 48.6 Å². The van der Waals surface area contributed by atoms with Crippen LogP contribution in [0.1, 0.15) is 43.9 Å². The molecule has 10 heteroatoms. The highest BCUT2D eigenvalue weighted by molar-refractivity contribution is 7.90. The highest BCUT2D eigenvalue weighted by Crippen LogP contribution is 2.30. The molecule has 0 spiro atoms. The van der Waals surface area contributed by atoms with Gasteiger partial charge < -0.3 is 19.3 Å². The molecule has 1 aliphatic carbocycles. The molecule has 2 aromatic heterocycles. The molecule has 0 N–H and O–H groups in total. The Morgan fingerprint density at radius 1 is 0.974 bits per heavy atom. The van der Waals surface area contributed by atoms with Crippen LogP contribution in [0.2, 0.25) is 0 Å². The first kappa shape index (κ1) is 28.6. The first-order chi connectivity index (χ1) is 18.8.